The van der Waals surface area contributed by atoms with E-state index in [-0.39, 0.29) is 0 Å². The van der Waals surface area contributed by atoms with E-state index in [1.54, 1.807) is 0 Å². The molecular formula is C17H28N2. The van der Waals surface area contributed by atoms with Gasteiger partial charge in [-0.25, -0.2) is 0 Å². The zero-order chi connectivity index (χ0) is 13.8. The lowest BCUT2D eigenvalue weighted by Crippen LogP contribution is -2.35. The minimum Gasteiger partial charge on any atom is -0.271 e. The molecule has 106 valence electrons. The second-order valence-electron chi connectivity index (χ2n) is 6.18. The highest BCUT2D eigenvalue weighted by Crippen LogP contribution is 2.37. The number of nitrogens with one attached hydrogen (secondary N) is 1. The minimum absolute atomic E-state index is 0.317. The van der Waals surface area contributed by atoms with E-state index in [2.05, 4.69) is 44.4 Å². The van der Waals surface area contributed by atoms with Gasteiger partial charge in [0.15, 0.2) is 0 Å². The van der Waals surface area contributed by atoms with Gasteiger partial charge in [0.2, 0.25) is 0 Å². The highest BCUT2D eigenvalue weighted by Gasteiger charge is 2.27. The molecule has 2 nitrogen and oxygen atoms in total. The predicted octanol–water partition coefficient (Wildman–Crippen LogP) is 4.02. The van der Waals surface area contributed by atoms with Crippen LogP contribution in [-0.4, -0.2) is 0 Å². The number of rotatable bonds is 4. The largest absolute Gasteiger partial charge is 0.271 e. The molecule has 0 radical (unpaired) electrons. The molecule has 0 aromatic heterocycles. The molecule has 1 unspecified atom stereocenters. The fourth-order valence-corrected chi connectivity index (χ4v) is 3.39. The maximum atomic E-state index is 5.84. The molecule has 1 saturated carbocycles. The Morgan fingerprint density at radius 3 is 2.37 bits per heavy atom. The molecule has 0 bridgehead atoms. The van der Waals surface area contributed by atoms with Gasteiger partial charge in [0.1, 0.15) is 0 Å². The van der Waals surface area contributed by atoms with Crippen molar-refractivity contribution < 1.29 is 0 Å². The second-order valence-corrected chi connectivity index (χ2v) is 6.18. The van der Waals surface area contributed by atoms with Crippen LogP contribution in [0.25, 0.3) is 0 Å². The van der Waals surface area contributed by atoms with Gasteiger partial charge < -0.3 is 0 Å². The summed E-state index contributed by atoms with van der Waals surface area (Å²) in [5.74, 6) is 7.47. The lowest BCUT2D eigenvalue weighted by atomic mass is 9.76. The van der Waals surface area contributed by atoms with Crippen molar-refractivity contribution in [3.8, 4) is 0 Å². The number of hydrazine groups is 1. The predicted molar refractivity (Wildman–Crippen MR) is 81.7 cm³/mol. The Bertz CT molecular complexity index is 406. The summed E-state index contributed by atoms with van der Waals surface area (Å²) in [6.07, 6.45) is 6.67. The summed E-state index contributed by atoms with van der Waals surface area (Å²) in [6.45, 7) is 6.66. The second kappa shape index (κ2) is 6.53. The molecule has 0 amide bonds. The first kappa shape index (κ1) is 14.5. The molecule has 1 aromatic carbocycles. The summed E-state index contributed by atoms with van der Waals surface area (Å²) in [7, 11) is 0. The van der Waals surface area contributed by atoms with Gasteiger partial charge in [0.05, 0.1) is 0 Å². The van der Waals surface area contributed by atoms with Crippen LogP contribution in [0.3, 0.4) is 0 Å². The van der Waals surface area contributed by atoms with E-state index in [4.69, 9.17) is 5.84 Å². The van der Waals surface area contributed by atoms with Gasteiger partial charge in [0, 0.05) is 6.04 Å². The fourth-order valence-electron chi connectivity index (χ4n) is 3.39. The van der Waals surface area contributed by atoms with Crippen LogP contribution in [0.4, 0.5) is 0 Å². The number of hydrogen-bond donors (Lipinski definition) is 2. The van der Waals surface area contributed by atoms with Gasteiger partial charge in [0.25, 0.3) is 0 Å². The van der Waals surface area contributed by atoms with E-state index in [0.29, 0.717) is 12.0 Å². The van der Waals surface area contributed by atoms with Crippen LogP contribution in [0.1, 0.15) is 61.8 Å². The Morgan fingerprint density at radius 2 is 1.84 bits per heavy atom. The van der Waals surface area contributed by atoms with Crippen LogP contribution in [-0.2, 0) is 0 Å². The molecular weight excluding hydrogens is 232 g/mol. The first-order valence-electron chi connectivity index (χ1n) is 7.69. The van der Waals surface area contributed by atoms with Crippen LogP contribution in [0, 0.1) is 25.7 Å². The average Bonchev–Trinajstić information content (AvgIpc) is 2.44. The average molecular weight is 260 g/mol. The van der Waals surface area contributed by atoms with Crippen molar-refractivity contribution in [2.45, 2.75) is 58.9 Å². The van der Waals surface area contributed by atoms with Crippen LogP contribution in [0.15, 0.2) is 18.2 Å². The SMILES string of the molecule is CCC1CCC(C(NN)c2ccc(C)c(C)c2)CC1. The maximum absolute atomic E-state index is 5.84. The minimum atomic E-state index is 0.317. The summed E-state index contributed by atoms with van der Waals surface area (Å²) in [5.41, 5.74) is 7.14. The molecule has 19 heavy (non-hydrogen) atoms. The molecule has 1 aliphatic carbocycles. The van der Waals surface area contributed by atoms with Gasteiger partial charge in [-0.15, -0.1) is 0 Å². The Hall–Kier alpha value is -0.860. The van der Waals surface area contributed by atoms with Crippen molar-refractivity contribution in [3.05, 3.63) is 34.9 Å². The normalized spacial score (nSPS) is 25.3. The van der Waals surface area contributed by atoms with Crippen molar-refractivity contribution in [1.82, 2.24) is 5.43 Å². The van der Waals surface area contributed by atoms with Crippen LogP contribution in [0.2, 0.25) is 0 Å². The van der Waals surface area contributed by atoms with E-state index in [0.717, 1.165) is 5.92 Å². The Morgan fingerprint density at radius 1 is 1.16 bits per heavy atom. The molecule has 0 saturated heterocycles. The molecule has 1 aliphatic rings. The molecule has 0 heterocycles. The molecule has 0 spiro atoms. The monoisotopic (exact) mass is 260 g/mol. The number of nitrogens with two attached hydrogens (primary N) is 1. The maximum Gasteiger partial charge on any atom is 0.0488 e. The Balaban J connectivity index is 2.09. The summed E-state index contributed by atoms with van der Waals surface area (Å²) in [6, 6.07) is 7.06. The van der Waals surface area contributed by atoms with Crippen molar-refractivity contribution in [1.29, 1.82) is 0 Å². The molecule has 2 rings (SSSR count). The van der Waals surface area contributed by atoms with Crippen LogP contribution >= 0.6 is 0 Å². The van der Waals surface area contributed by atoms with Crippen LogP contribution in [0.5, 0.6) is 0 Å². The molecule has 1 aromatic rings. The van der Waals surface area contributed by atoms with Crippen molar-refractivity contribution in [2.75, 3.05) is 0 Å². The third-order valence-electron chi connectivity index (χ3n) is 5.01. The highest BCUT2D eigenvalue weighted by molar-refractivity contribution is 5.32. The third kappa shape index (κ3) is 3.37. The molecule has 1 fully saturated rings. The molecule has 2 heteroatoms. The standard InChI is InChI=1S/C17H28N2/c1-4-14-6-9-15(10-7-14)17(19-18)16-8-5-12(2)13(3)11-16/h5,8,11,14-15,17,19H,4,6-7,9-10,18H2,1-3H3. The molecule has 0 aliphatic heterocycles. The van der Waals surface area contributed by atoms with Crippen LogP contribution < -0.4 is 11.3 Å². The van der Waals surface area contributed by atoms with Gasteiger partial charge in [-0.05, 0) is 55.2 Å². The van der Waals surface area contributed by atoms with E-state index in [1.165, 1.54) is 48.8 Å². The topological polar surface area (TPSA) is 38.0 Å². The summed E-state index contributed by atoms with van der Waals surface area (Å²) in [4.78, 5) is 0. The zero-order valence-electron chi connectivity index (χ0n) is 12.6. The van der Waals surface area contributed by atoms with Crippen molar-refractivity contribution >= 4 is 0 Å². The van der Waals surface area contributed by atoms with Crippen molar-refractivity contribution in [3.63, 3.8) is 0 Å². The van der Waals surface area contributed by atoms with Gasteiger partial charge >= 0.3 is 0 Å². The lowest BCUT2D eigenvalue weighted by Gasteiger charge is -2.33. The summed E-state index contributed by atoms with van der Waals surface area (Å²) >= 11 is 0. The fraction of sp³-hybridized carbons (Fsp3) is 0.647. The summed E-state index contributed by atoms with van der Waals surface area (Å²) < 4.78 is 0. The van der Waals surface area contributed by atoms with E-state index in [1.807, 2.05) is 0 Å². The smallest absolute Gasteiger partial charge is 0.0488 e. The number of aryl methyl sites for hydroxylation is 2. The summed E-state index contributed by atoms with van der Waals surface area (Å²) in [5, 5.41) is 0. The quantitative estimate of drug-likeness (QED) is 0.634. The number of hydrogen-bond acceptors (Lipinski definition) is 2. The third-order valence-corrected chi connectivity index (χ3v) is 5.01. The Labute approximate surface area is 117 Å². The Kier molecular flexibility index (Phi) is 5.00. The van der Waals surface area contributed by atoms with Crippen molar-refractivity contribution in [2.24, 2.45) is 17.7 Å². The first-order valence-corrected chi connectivity index (χ1v) is 7.69. The van der Waals surface area contributed by atoms with Gasteiger partial charge in [-0.3, -0.25) is 11.3 Å². The first-order chi connectivity index (χ1) is 9.15. The molecule has 1 atom stereocenters. The number of benzene rings is 1. The van der Waals surface area contributed by atoms with Gasteiger partial charge in [-0.2, -0.15) is 0 Å². The van der Waals surface area contributed by atoms with E-state index in [9.17, 15) is 0 Å². The molecule has 3 N–H and O–H groups in total. The van der Waals surface area contributed by atoms with Gasteiger partial charge in [-0.1, -0.05) is 44.4 Å². The van der Waals surface area contributed by atoms with E-state index >= 15 is 0 Å². The van der Waals surface area contributed by atoms with E-state index < -0.39 is 0 Å². The highest BCUT2D eigenvalue weighted by atomic mass is 15.2. The zero-order valence-corrected chi connectivity index (χ0v) is 12.6. The lowest BCUT2D eigenvalue weighted by molar-refractivity contribution is 0.219.